The number of nitrogens with one attached hydrogen (secondary N) is 4. The summed E-state index contributed by atoms with van der Waals surface area (Å²) < 4.78 is 30.8. The molecule has 3 saturated heterocycles. The minimum absolute atomic E-state index is 0.00130. The zero-order valence-electron chi connectivity index (χ0n) is 52.6. The summed E-state index contributed by atoms with van der Waals surface area (Å²) in [5.74, 6) is -1.10. The second-order valence-electron chi connectivity index (χ2n) is 23.8. The van der Waals surface area contributed by atoms with Gasteiger partial charge in [0, 0.05) is 121 Å². The van der Waals surface area contributed by atoms with Crippen LogP contribution in [-0.4, -0.2) is 248 Å². The van der Waals surface area contributed by atoms with Crippen molar-refractivity contribution in [3.8, 4) is 11.8 Å². The number of carbonyl (C=O) groups is 9. The van der Waals surface area contributed by atoms with E-state index in [4.69, 9.17) is 14.2 Å². The first-order valence-corrected chi connectivity index (χ1v) is 32.7. The van der Waals surface area contributed by atoms with E-state index in [9.17, 15) is 57.9 Å². The van der Waals surface area contributed by atoms with Crippen LogP contribution in [0.5, 0.6) is 5.75 Å². The van der Waals surface area contributed by atoms with E-state index in [2.05, 4.69) is 50.5 Å². The average molecular weight is 1290 g/mol. The number of alkyl halides is 1. The van der Waals surface area contributed by atoms with Crippen molar-refractivity contribution in [2.45, 2.75) is 109 Å². The van der Waals surface area contributed by atoms with Crippen molar-refractivity contribution < 1.29 is 66.9 Å². The van der Waals surface area contributed by atoms with Crippen LogP contribution >= 0.6 is 11.8 Å². The van der Waals surface area contributed by atoms with E-state index in [0.29, 0.717) is 170 Å². The monoisotopic (exact) mass is 1290 g/mol. The third-order valence-corrected chi connectivity index (χ3v) is 17.5. The molecule has 2 unspecified atom stereocenters. The van der Waals surface area contributed by atoms with Crippen molar-refractivity contribution in [1.82, 2.24) is 55.7 Å². The summed E-state index contributed by atoms with van der Waals surface area (Å²) in [5.41, 5.74) is 1.54. The quantitative estimate of drug-likeness (QED) is 0.0417. The number of benzene rings is 2. The van der Waals surface area contributed by atoms with Gasteiger partial charge in [-0.15, -0.1) is 0 Å². The summed E-state index contributed by atoms with van der Waals surface area (Å²) in [6.45, 7) is 8.43. The Bertz CT molecular complexity index is 2900. The summed E-state index contributed by atoms with van der Waals surface area (Å²) in [7, 11) is 0. The molecular formula is C64H91FN12O13S. The first kappa shape index (κ1) is 72.6. The second kappa shape index (κ2) is 39.0. The molecule has 27 heteroatoms. The lowest BCUT2D eigenvalue weighted by Crippen LogP contribution is -2.53. The Morgan fingerprint density at radius 3 is 2.11 bits per heavy atom. The number of pyridine rings is 1. The van der Waals surface area contributed by atoms with E-state index < -0.39 is 41.4 Å². The van der Waals surface area contributed by atoms with Crippen LogP contribution in [0.4, 0.5) is 4.39 Å². The fourth-order valence-corrected chi connectivity index (χ4v) is 12.2. The summed E-state index contributed by atoms with van der Waals surface area (Å²) in [4.78, 5) is 129. The van der Waals surface area contributed by atoms with E-state index in [0.717, 1.165) is 32.1 Å². The number of piperidine rings is 1. The molecule has 4 heterocycles. The van der Waals surface area contributed by atoms with Crippen molar-refractivity contribution in [3.63, 3.8) is 0 Å². The Hall–Kier alpha value is -7.51. The van der Waals surface area contributed by atoms with E-state index in [-0.39, 0.29) is 69.5 Å². The van der Waals surface area contributed by atoms with Crippen LogP contribution in [0, 0.1) is 24.2 Å². The van der Waals surface area contributed by atoms with Gasteiger partial charge < -0.3 is 50.4 Å². The van der Waals surface area contributed by atoms with E-state index in [1.807, 2.05) is 32.6 Å². The largest absolute Gasteiger partial charge is 0.494 e. The molecule has 498 valence electrons. The van der Waals surface area contributed by atoms with Crippen LogP contribution in [0.3, 0.4) is 0 Å². The van der Waals surface area contributed by atoms with Gasteiger partial charge in [-0.25, -0.2) is 4.39 Å². The highest BCUT2D eigenvalue weighted by atomic mass is 32.2. The summed E-state index contributed by atoms with van der Waals surface area (Å²) >= 11 is 1.42. The molecule has 0 spiro atoms. The van der Waals surface area contributed by atoms with Gasteiger partial charge in [0.15, 0.2) is 0 Å². The maximum absolute atomic E-state index is 14.6. The first-order valence-electron chi connectivity index (χ1n) is 31.6. The van der Waals surface area contributed by atoms with E-state index >= 15 is 0 Å². The molecule has 3 fully saturated rings. The van der Waals surface area contributed by atoms with Gasteiger partial charge in [0.2, 0.25) is 29.5 Å². The van der Waals surface area contributed by atoms with Crippen molar-refractivity contribution in [1.29, 1.82) is 5.26 Å². The van der Waals surface area contributed by atoms with Crippen LogP contribution in [0.2, 0.25) is 0 Å². The van der Waals surface area contributed by atoms with Crippen LogP contribution < -0.4 is 26.0 Å². The smallest absolute Gasteiger partial charge is 0.317 e. The fourth-order valence-electron chi connectivity index (χ4n) is 11.3. The predicted molar refractivity (Wildman–Crippen MR) is 339 cm³/mol. The highest BCUT2D eigenvalue weighted by Crippen LogP contribution is 2.30. The minimum Gasteiger partial charge on any atom is -0.494 e. The number of aliphatic carboxylic acids is 1. The number of nitriles is 1. The van der Waals surface area contributed by atoms with Gasteiger partial charge in [0.1, 0.15) is 37.0 Å². The van der Waals surface area contributed by atoms with Gasteiger partial charge in [-0.3, -0.25) is 67.7 Å². The van der Waals surface area contributed by atoms with Crippen molar-refractivity contribution in [3.05, 3.63) is 71.4 Å². The highest BCUT2D eigenvalue weighted by Gasteiger charge is 2.43. The topological polar surface area (TPSA) is 306 Å². The Morgan fingerprint density at radius 1 is 0.780 bits per heavy atom. The first-order chi connectivity index (χ1) is 43.9. The predicted octanol–water partition coefficient (Wildman–Crippen LogP) is 3.12. The maximum atomic E-state index is 14.6. The second-order valence-corrected chi connectivity index (χ2v) is 24.9. The molecule has 0 bridgehead atoms. The van der Waals surface area contributed by atoms with Crippen molar-refractivity contribution in [2.24, 2.45) is 5.92 Å². The number of likely N-dealkylation sites (tertiary alicyclic amines) is 2. The molecule has 0 radical (unpaired) electrons. The lowest BCUT2D eigenvalue weighted by molar-refractivity contribution is -0.139. The number of carboxylic acid groups (broad SMARTS) is 1. The number of amides is 6. The molecule has 0 saturated carbocycles. The Morgan fingerprint density at radius 2 is 1.45 bits per heavy atom. The molecule has 3 aliphatic heterocycles. The molecular weight excluding hydrogens is 1200 g/mol. The summed E-state index contributed by atoms with van der Waals surface area (Å²) in [6.07, 6.45) is 9.09. The lowest BCUT2D eigenvalue weighted by Gasteiger charge is -2.33. The SMILES string of the molecule is Cc1ccc(CCCC(=O)NCCSCC(NC(=O)CN2CCN(COC=O)CCN(COC=O)CCN(CC(=O)O)CC2)C(=O)NCCCCCC(=O)N2CCC(CCCOc3ccc4nccc(C(=O)NCC(=O)N5CC(C)(F)C[C@@H]5C#N)c4c3)CC2)cc1. The Balaban J connectivity index is 0.918. The third-order valence-electron chi connectivity index (χ3n) is 16.5. The van der Waals surface area contributed by atoms with E-state index in [1.54, 1.807) is 29.2 Å². The van der Waals surface area contributed by atoms with Crippen molar-refractivity contribution >= 4 is 77.0 Å². The lowest BCUT2D eigenvalue weighted by atomic mass is 9.92. The van der Waals surface area contributed by atoms with E-state index in [1.165, 1.54) is 40.9 Å². The number of carboxylic acids is 1. The van der Waals surface area contributed by atoms with Gasteiger partial charge in [-0.2, -0.15) is 17.0 Å². The number of rotatable bonds is 35. The number of ether oxygens (including phenoxy) is 3. The maximum Gasteiger partial charge on any atom is 0.317 e. The highest BCUT2D eigenvalue weighted by molar-refractivity contribution is 7.99. The fraction of sp³-hybridized carbons (Fsp3) is 0.609. The van der Waals surface area contributed by atoms with Gasteiger partial charge in [0.05, 0.1) is 49.9 Å². The van der Waals surface area contributed by atoms with Gasteiger partial charge in [0.25, 0.3) is 18.9 Å². The minimum atomic E-state index is -1.67. The Labute approximate surface area is 536 Å². The molecule has 1 aromatic heterocycles. The van der Waals surface area contributed by atoms with Gasteiger partial charge in [-0.05, 0) is 101 Å². The molecule has 3 aliphatic rings. The average Bonchev–Trinajstić information content (AvgIpc) is 1.98. The van der Waals surface area contributed by atoms with Gasteiger partial charge in [-0.1, -0.05) is 36.2 Å². The summed E-state index contributed by atoms with van der Waals surface area (Å²) in [6, 6.07) is 15.2. The number of hydrogen-bond acceptors (Lipinski definition) is 19. The number of nitrogens with zero attached hydrogens (tertiary/aromatic N) is 8. The molecule has 6 amide bonds. The molecule has 3 atom stereocenters. The van der Waals surface area contributed by atoms with Crippen LogP contribution in [0.1, 0.15) is 99.0 Å². The molecule has 5 N–H and O–H groups in total. The van der Waals surface area contributed by atoms with Crippen LogP contribution in [0.25, 0.3) is 10.9 Å². The molecule has 6 rings (SSSR count). The number of carbonyl (C=O) groups excluding carboxylic acids is 8. The molecule has 3 aromatic rings. The molecule has 25 nitrogen and oxygen atoms in total. The number of aryl methyl sites for hydroxylation is 2. The Kier molecular flexibility index (Phi) is 31.1. The molecule has 91 heavy (non-hydrogen) atoms. The normalized spacial score (nSPS) is 18.6. The number of halogens is 1. The number of fused-ring (bicyclic) bond motifs is 1. The van der Waals surface area contributed by atoms with Gasteiger partial charge >= 0.3 is 5.97 Å². The van der Waals surface area contributed by atoms with Crippen LogP contribution in [-0.2, 0) is 54.3 Å². The zero-order valence-corrected chi connectivity index (χ0v) is 53.4. The molecule has 0 aliphatic carbocycles. The number of thioether (sulfide) groups is 1. The third kappa shape index (κ3) is 26.3. The number of aromatic nitrogens is 1. The van der Waals surface area contributed by atoms with Crippen LogP contribution in [0.15, 0.2) is 54.7 Å². The number of hydrogen-bond donors (Lipinski definition) is 5. The summed E-state index contributed by atoms with van der Waals surface area (Å²) in [5, 5.41) is 31.2. The standard InChI is InChI=1S/C64H91FN12O13S/c1-48-12-14-49(15-13-48)8-6-10-57(80)68-23-35-91-42-56(71-58(81)40-72-26-27-73(41-61(84)85)29-31-75(45-89-47-79)33-32-74(30-28-72)44-88-46-78)63(87)69-21-5-3-4-11-59(82)76-24-19-50(20-25-76)9-7-34-90-52-16-17-55-54(36-52)53(18-22-67-55)62(86)70-39-60(83)77-43-64(2,65)37-51(77)38-66/h12-18,22,36,46-47,50-51,56H,3-11,19-21,23-35,37,39-45H2,1-2H3,(H,68,80)(H,69,87)(H,70,86)(H,71,81)(H,84,85)/t51-,56?,64?/m1/s1. The van der Waals surface area contributed by atoms with Crippen molar-refractivity contribution in [2.75, 3.05) is 136 Å². The number of unbranched alkanes of at least 4 members (excludes halogenated alkanes) is 2. The molecule has 2 aromatic carbocycles. The zero-order chi connectivity index (χ0) is 65.4.